The minimum atomic E-state index is 0.259. The first-order valence-electron chi connectivity index (χ1n) is 18.3. The van der Waals surface area contributed by atoms with Gasteiger partial charge in [0.15, 0.2) is 0 Å². The van der Waals surface area contributed by atoms with Gasteiger partial charge in [-0.25, -0.2) is 0 Å². The zero-order chi connectivity index (χ0) is 27.8. The minimum Gasteiger partial charge on any atom is -0.286 e. The number of hydrogen-bond acceptors (Lipinski definition) is 8. The molecule has 0 aromatic rings. The molecule has 17 atom stereocenters. The van der Waals surface area contributed by atoms with Crippen LogP contribution in [0.3, 0.4) is 0 Å². The lowest BCUT2D eigenvalue weighted by molar-refractivity contribution is 0.149. The summed E-state index contributed by atoms with van der Waals surface area (Å²) < 4.78 is 0. The summed E-state index contributed by atoms with van der Waals surface area (Å²) >= 11 is 0. The molecule has 232 valence electrons. The number of terminal acetylenes is 1. The lowest BCUT2D eigenvalue weighted by Crippen LogP contribution is -2.61. The molecule has 8 bridgehead atoms. The maximum Gasteiger partial charge on any atom is 0.0640 e. The molecule has 8 nitrogen and oxygen atoms in total. The number of fused-ring (bicyclic) bond motifs is 20. The van der Waals surface area contributed by atoms with E-state index in [9.17, 15) is 0 Å². The van der Waals surface area contributed by atoms with Crippen LogP contribution in [0.25, 0.3) is 0 Å². The Kier molecular flexibility index (Phi) is 7.37. The van der Waals surface area contributed by atoms with Crippen molar-refractivity contribution in [3.63, 3.8) is 0 Å². The highest BCUT2D eigenvalue weighted by molar-refractivity contribution is 5.12. The molecule has 0 amide bonds. The molecule has 4 aliphatic carbocycles. The van der Waals surface area contributed by atoms with Gasteiger partial charge < -0.3 is 0 Å². The van der Waals surface area contributed by atoms with Gasteiger partial charge in [0.25, 0.3) is 0 Å². The predicted molar refractivity (Wildman–Crippen MR) is 165 cm³/mol. The fraction of sp³-hybridized carbons (Fsp3) is 0.941. The van der Waals surface area contributed by atoms with Gasteiger partial charge in [0.2, 0.25) is 0 Å². The van der Waals surface area contributed by atoms with Crippen LogP contribution < -0.4 is 42.5 Å². The summed E-state index contributed by atoms with van der Waals surface area (Å²) in [4.78, 5) is 0. The van der Waals surface area contributed by atoms with E-state index in [1.165, 1.54) is 96.3 Å². The van der Waals surface area contributed by atoms with Crippen molar-refractivity contribution in [2.24, 2.45) is 53.3 Å². The Morgan fingerprint density at radius 2 is 0.619 bits per heavy atom. The lowest BCUT2D eigenvalue weighted by Gasteiger charge is -2.37. The van der Waals surface area contributed by atoms with Crippen molar-refractivity contribution in [1.82, 2.24) is 42.5 Å². The molecule has 9 aliphatic rings. The Morgan fingerprint density at radius 1 is 0.333 bits per heavy atom. The molecule has 5 aliphatic heterocycles. The number of rotatable bonds is 0. The van der Waals surface area contributed by atoms with E-state index in [4.69, 9.17) is 6.42 Å². The van der Waals surface area contributed by atoms with E-state index < -0.39 is 0 Å². The molecule has 8 N–H and O–H groups in total. The number of nitrogens with one attached hydrogen (secondary N) is 8. The van der Waals surface area contributed by atoms with Crippen molar-refractivity contribution in [3.05, 3.63) is 0 Å². The first kappa shape index (κ1) is 27.5. The highest BCUT2D eigenvalue weighted by Crippen LogP contribution is 2.46. The van der Waals surface area contributed by atoms with Gasteiger partial charge in [-0.1, -0.05) is 44.9 Å². The molecular formula is C34H56N8. The van der Waals surface area contributed by atoms with E-state index in [0.717, 1.165) is 11.8 Å². The summed E-state index contributed by atoms with van der Waals surface area (Å²) in [5, 5.41) is 33.6. The summed E-state index contributed by atoms with van der Waals surface area (Å²) in [6.45, 7) is 0. The molecule has 0 spiro atoms. The molecule has 42 heavy (non-hydrogen) atoms. The highest BCUT2D eigenvalue weighted by atomic mass is 15.4. The van der Waals surface area contributed by atoms with Gasteiger partial charge in [0.1, 0.15) is 0 Å². The fourth-order valence-corrected chi connectivity index (χ4v) is 12.3. The lowest BCUT2D eigenvalue weighted by atomic mass is 9.71. The molecule has 9 rings (SSSR count). The van der Waals surface area contributed by atoms with Crippen molar-refractivity contribution < 1.29 is 0 Å². The van der Waals surface area contributed by atoms with Crippen LogP contribution in [0.4, 0.5) is 0 Å². The predicted octanol–water partition coefficient (Wildman–Crippen LogP) is 2.46. The minimum absolute atomic E-state index is 0.259. The van der Waals surface area contributed by atoms with Crippen molar-refractivity contribution in [1.29, 1.82) is 0 Å². The van der Waals surface area contributed by atoms with Gasteiger partial charge in [-0.15, -0.1) is 12.3 Å². The van der Waals surface area contributed by atoms with Crippen LogP contribution in [0.1, 0.15) is 96.3 Å². The second-order valence-corrected chi connectivity index (χ2v) is 15.9. The Morgan fingerprint density at radius 3 is 0.952 bits per heavy atom. The number of hydrogen-bond donors (Lipinski definition) is 8. The Bertz CT molecular complexity index is 1030. The third kappa shape index (κ3) is 4.55. The Labute approximate surface area is 253 Å². The second-order valence-electron chi connectivity index (χ2n) is 15.9. The van der Waals surface area contributed by atoms with Gasteiger partial charge in [-0.3, -0.25) is 42.5 Å². The second kappa shape index (κ2) is 11.2. The quantitative estimate of drug-likeness (QED) is 0.209. The van der Waals surface area contributed by atoms with Crippen LogP contribution in [0.15, 0.2) is 0 Å². The molecule has 4 saturated carbocycles. The van der Waals surface area contributed by atoms with E-state index in [1.807, 2.05) is 0 Å². The highest BCUT2D eigenvalue weighted by Gasteiger charge is 2.55. The Hall–Kier alpha value is -0.760. The normalized spacial score (nSPS) is 57.0. The SMILES string of the molecule is C#CC1CCCC2C3NC4NC(NC5NC(NC6NC(NC(N3)C12)C1CCCCC61)C1CCCCC51)C1CCCCC41. The monoisotopic (exact) mass is 576 g/mol. The average molecular weight is 577 g/mol. The largest absolute Gasteiger partial charge is 0.286 e. The van der Waals surface area contributed by atoms with Crippen molar-refractivity contribution in [2.45, 2.75) is 146 Å². The Balaban J connectivity index is 1.07. The fourth-order valence-electron chi connectivity index (χ4n) is 12.3. The molecule has 17 unspecified atom stereocenters. The standard InChI is InChI=1S/C34H56N8/c1-2-18-10-9-17-25-26(18)34-41-32-24-16-8-7-15-23(24)30(39-32)37-28-20-12-4-3-11-19(20)27(35-28)36-29-21-13-5-6-14-22(21)31(38-29)40-33(25)42-34/h1,18-42H,3-17H2. The van der Waals surface area contributed by atoms with Gasteiger partial charge >= 0.3 is 0 Å². The van der Waals surface area contributed by atoms with Crippen LogP contribution in [0, 0.1) is 65.6 Å². The summed E-state index contributed by atoms with van der Waals surface area (Å²) in [5.74, 6) is 8.94. The van der Waals surface area contributed by atoms with Crippen LogP contribution >= 0.6 is 0 Å². The summed E-state index contributed by atoms with van der Waals surface area (Å²) in [6.07, 6.45) is 29.1. The molecular weight excluding hydrogens is 520 g/mol. The molecule has 0 aromatic heterocycles. The zero-order valence-corrected chi connectivity index (χ0v) is 25.5. The van der Waals surface area contributed by atoms with Gasteiger partial charge in [-0.05, 0) is 92.8 Å². The van der Waals surface area contributed by atoms with Gasteiger partial charge in [0, 0.05) is 11.8 Å². The molecule has 8 heteroatoms. The molecule has 5 saturated heterocycles. The first-order chi connectivity index (χ1) is 20.7. The maximum atomic E-state index is 6.25. The summed E-state index contributed by atoms with van der Waals surface area (Å²) in [7, 11) is 0. The summed E-state index contributed by atoms with van der Waals surface area (Å²) in [6, 6.07) is 0. The van der Waals surface area contributed by atoms with Crippen LogP contribution in [-0.4, -0.2) is 49.3 Å². The van der Waals surface area contributed by atoms with Crippen LogP contribution in [0.2, 0.25) is 0 Å². The van der Waals surface area contributed by atoms with E-state index in [0.29, 0.717) is 84.6 Å². The molecule has 9 fully saturated rings. The van der Waals surface area contributed by atoms with Crippen molar-refractivity contribution in [2.75, 3.05) is 0 Å². The van der Waals surface area contributed by atoms with E-state index in [1.54, 1.807) is 0 Å². The topological polar surface area (TPSA) is 96.2 Å². The van der Waals surface area contributed by atoms with Crippen molar-refractivity contribution in [3.8, 4) is 12.3 Å². The van der Waals surface area contributed by atoms with Crippen molar-refractivity contribution >= 4 is 0 Å². The first-order valence-corrected chi connectivity index (χ1v) is 18.3. The van der Waals surface area contributed by atoms with Gasteiger partial charge in [0.05, 0.1) is 49.3 Å². The smallest absolute Gasteiger partial charge is 0.0640 e. The average Bonchev–Trinajstić information content (AvgIpc) is 3.76. The van der Waals surface area contributed by atoms with E-state index in [2.05, 4.69) is 48.5 Å². The maximum absolute atomic E-state index is 6.25. The van der Waals surface area contributed by atoms with Crippen LogP contribution in [0.5, 0.6) is 0 Å². The van der Waals surface area contributed by atoms with Crippen LogP contribution in [-0.2, 0) is 0 Å². The molecule has 0 aromatic carbocycles. The summed E-state index contributed by atoms with van der Waals surface area (Å²) in [5.41, 5.74) is 0. The molecule has 5 heterocycles. The third-order valence-electron chi connectivity index (χ3n) is 14.1. The third-order valence-corrected chi connectivity index (χ3v) is 14.1. The van der Waals surface area contributed by atoms with Gasteiger partial charge in [-0.2, -0.15) is 0 Å². The van der Waals surface area contributed by atoms with E-state index >= 15 is 0 Å². The zero-order valence-electron chi connectivity index (χ0n) is 25.5. The molecule has 0 radical (unpaired) electrons. The van der Waals surface area contributed by atoms with E-state index in [-0.39, 0.29) is 6.17 Å².